The smallest absolute Gasteiger partial charge is 0.0707 e. The van der Waals surface area contributed by atoms with E-state index in [-0.39, 0.29) is 5.41 Å². The molecule has 0 aromatic heterocycles. The van der Waals surface area contributed by atoms with Crippen molar-refractivity contribution in [2.75, 3.05) is 20.6 Å². The van der Waals surface area contributed by atoms with Gasteiger partial charge in [0, 0.05) is 23.8 Å². The number of hydrogen-bond acceptors (Lipinski definition) is 2. The van der Waals surface area contributed by atoms with Crippen LogP contribution in [0.2, 0.25) is 0 Å². The van der Waals surface area contributed by atoms with Crippen molar-refractivity contribution in [3.05, 3.63) is 11.6 Å². The molecule has 2 fully saturated rings. The van der Waals surface area contributed by atoms with Gasteiger partial charge in [0.15, 0.2) is 0 Å². The first-order valence-corrected chi connectivity index (χ1v) is 8.99. The second-order valence-electron chi connectivity index (χ2n) is 8.45. The topological polar surface area (TPSA) is 12.5 Å². The Kier molecular flexibility index (Phi) is 4.47. The molecule has 0 bridgehead atoms. The maximum atomic E-state index is 6.76. The average molecular weight is 291 g/mol. The van der Waals surface area contributed by atoms with E-state index in [2.05, 4.69) is 38.9 Å². The molecule has 4 atom stereocenters. The third-order valence-electron chi connectivity index (χ3n) is 5.84. The van der Waals surface area contributed by atoms with Crippen LogP contribution < -0.4 is 0 Å². The van der Waals surface area contributed by atoms with Gasteiger partial charge in [-0.15, -0.1) is 0 Å². The SMILES string of the molecule is CN(C)CC(C)(C)[C@H]1O[C@H]2CCCC[C@H]2C2=CCCC[C@@H]21. The molecule has 120 valence electrons. The van der Waals surface area contributed by atoms with Crippen molar-refractivity contribution >= 4 is 0 Å². The molecule has 2 heteroatoms. The van der Waals surface area contributed by atoms with Crippen LogP contribution in [0.5, 0.6) is 0 Å². The van der Waals surface area contributed by atoms with Crippen molar-refractivity contribution in [3.8, 4) is 0 Å². The van der Waals surface area contributed by atoms with Crippen LogP contribution in [0.3, 0.4) is 0 Å². The van der Waals surface area contributed by atoms with E-state index in [0.29, 0.717) is 18.1 Å². The van der Waals surface area contributed by atoms with Gasteiger partial charge in [-0.2, -0.15) is 0 Å². The molecule has 0 aromatic carbocycles. The molecule has 3 aliphatic rings. The molecule has 1 aliphatic heterocycles. The van der Waals surface area contributed by atoms with Crippen molar-refractivity contribution in [2.24, 2.45) is 17.3 Å². The Labute approximate surface area is 130 Å². The van der Waals surface area contributed by atoms with Gasteiger partial charge in [0.25, 0.3) is 0 Å². The van der Waals surface area contributed by atoms with Gasteiger partial charge in [-0.1, -0.05) is 38.3 Å². The summed E-state index contributed by atoms with van der Waals surface area (Å²) in [5.41, 5.74) is 2.02. The van der Waals surface area contributed by atoms with Gasteiger partial charge in [-0.3, -0.25) is 0 Å². The first-order chi connectivity index (χ1) is 9.99. The molecule has 1 heterocycles. The number of rotatable bonds is 3. The Morgan fingerprint density at radius 3 is 2.57 bits per heavy atom. The lowest BCUT2D eigenvalue weighted by atomic mass is 9.64. The lowest BCUT2D eigenvalue weighted by Crippen LogP contribution is -2.53. The highest BCUT2D eigenvalue weighted by molar-refractivity contribution is 5.21. The Morgan fingerprint density at radius 1 is 1.10 bits per heavy atom. The fourth-order valence-corrected chi connectivity index (χ4v) is 5.24. The van der Waals surface area contributed by atoms with E-state index in [1.165, 1.54) is 44.9 Å². The minimum Gasteiger partial charge on any atom is -0.373 e. The minimum absolute atomic E-state index is 0.229. The van der Waals surface area contributed by atoms with Crippen molar-refractivity contribution in [1.82, 2.24) is 4.90 Å². The number of nitrogens with zero attached hydrogens (tertiary/aromatic N) is 1. The minimum atomic E-state index is 0.229. The lowest BCUT2D eigenvalue weighted by Gasteiger charge is -2.52. The van der Waals surface area contributed by atoms with Gasteiger partial charge in [0.05, 0.1) is 12.2 Å². The summed E-state index contributed by atoms with van der Waals surface area (Å²) in [6.45, 7) is 5.93. The second kappa shape index (κ2) is 6.04. The molecule has 1 saturated carbocycles. The highest BCUT2D eigenvalue weighted by Crippen LogP contribution is 2.50. The summed E-state index contributed by atoms with van der Waals surface area (Å²) in [5, 5.41) is 0. The number of hydrogen-bond donors (Lipinski definition) is 0. The molecule has 0 N–H and O–H groups in total. The van der Waals surface area contributed by atoms with Gasteiger partial charge in [-0.05, 0) is 46.2 Å². The molecule has 2 aliphatic carbocycles. The Morgan fingerprint density at radius 2 is 1.81 bits per heavy atom. The van der Waals surface area contributed by atoms with E-state index in [1.807, 2.05) is 0 Å². The lowest BCUT2D eigenvalue weighted by molar-refractivity contribution is -0.151. The van der Waals surface area contributed by atoms with Crippen molar-refractivity contribution in [1.29, 1.82) is 0 Å². The molecule has 2 nitrogen and oxygen atoms in total. The van der Waals surface area contributed by atoms with Gasteiger partial charge >= 0.3 is 0 Å². The van der Waals surface area contributed by atoms with Gasteiger partial charge < -0.3 is 9.64 Å². The Hall–Kier alpha value is -0.340. The number of fused-ring (bicyclic) bond motifs is 3. The fraction of sp³-hybridized carbons (Fsp3) is 0.895. The van der Waals surface area contributed by atoms with E-state index in [4.69, 9.17) is 4.74 Å². The van der Waals surface area contributed by atoms with E-state index in [1.54, 1.807) is 5.57 Å². The maximum absolute atomic E-state index is 6.76. The summed E-state index contributed by atoms with van der Waals surface area (Å²) in [7, 11) is 4.37. The molecule has 3 rings (SSSR count). The van der Waals surface area contributed by atoms with Crippen LogP contribution in [0.15, 0.2) is 11.6 Å². The first-order valence-electron chi connectivity index (χ1n) is 8.99. The van der Waals surface area contributed by atoms with Crippen LogP contribution in [0, 0.1) is 17.3 Å². The van der Waals surface area contributed by atoms with E-state index < -0.39 is 0 Å². The Balaban J connectivity index is 1.87. The average Bonchev–Trinajstić information content (AvgIpc) is 2.45. The third kappa shape index (κ3) is 3.07. The summed E-state index contributed by atoms with van der Waals surface area (Å²) in [6.07, 6.45) is 12.9. The van der Waals surface area contributed by atoms with Gasteiger partial charge in [-0.25, -0.2) is 0 Å². The molecule has 0 aromatic rings. The van der Waals surface area contributed by atoms with Crippen LogP contribution in [-0.2, 0) is 4.74 Å². The summed E-state index contributed by atoms with van der Waals surface area (Å²) < 4.78 is 6.76. The highest BCUT2D eigenvalue weighted by Gasteiger charge is 2.48. The highest BCUT2D eigenvalue weighted by atomic mass is 16.5. The zero-order valence-corrected chi connectivity index (χ0v) is 14.4. The van der Waals surface area contributed by atoms with Crippen LogP contribution in [0.1, 0.15) is 58.8 Å². The normalized spacial score (nSPS) is 36.9. The van der Waals surface area contributed by atoms with E-state index >= 15 is 0 Å². The van der Waals surface area contributed by atoms with Crippen molar-refractivity contribution in [2.45, 2.75) is 71.0 Å². The van der Waals surface area contributed by atoms with E-state index in [9.17, 15) is 0 Å². The van der Waals surface area contributed by atoms with Crippen molar-refractivity contribution in [3.63, 3.8) is 0 Å². The zero-order chi connectivity index (χ0) is 15.0. The summed E-state index contributed by atoms with van der Waals surface area (Å²) in [5.74, 6) is 1.43. The fourth-order valence-electron chi connectivity index (χ4n) is 5.24. The van der Waals surface area contributed by atoms with Crippen molar-refractivity contribution < 1.29 is 4.74 Å². The van der Waals surface area contributed by atoms with Gasteiger partial charge in [0.2, 0.25) is 0 Å². The molecule has 0 unspecified atom stereocenters. The first kappa shape index (κ1) is 15.6. The molecule has 0 radical (unpaired) electrons. The van der Waals surface area contributed by atoms with Crippen LogP contribution in [-0.4, -0.2) is 37.7 Å². The molecular formula is C19H33NO. The quantitative estimate of drug-likeness (QED) is 0.720. The second-order valence-corrected chi connectivity index (χ2v) is 8.45. The van der Waals surface area contributed by atoms with Crippen LogP contribution >= 0.6 is 0 Å². The Bertz CT molecular complexity index is 398. The van der Waals surface area contributed by atoms with Crippen LogP contribution in [0.4, 0.5) is 0 Å². The zero-order valence-electron chi connectivity index (χ0n) is 14.4. The third-order valence-corrected chi connectivity index (χ3v) is 5.84. The molecule has 21 heavy (non-hydrogen) atoms. The summed E-state index contributed by atoms with van der Waals surface area (Å²) in [6, 6.07) is 0. The molecule has 0 spiro atoms. The molecule has 0 amide bonds. The standard InChI is InChI=1S/C19H33NO/c1-19(2,13-20(3)4)18-16-11-6-5-9-14(16)15-10-7-8-12-17(15)21-18/h9,15-18H,5-8,10-13H2,1-4H3/t15-,16-,17-,18-/m0/s1. The molecule has 1 saturated heterocycles. The number of allylic oxidation sites excluding steroid dienone is 1. The van der Waals surface area contributed by atoms with E-state index in [0.717, 1.165) is 12.5 Å². The largest absolute Gasteiger partial charge is 0.373 e. The molecular weight excluding hydrogens is 258 g/mol. The van der Waals surface area contributed by atoms with Crippen LogP contribution in [0.25, 0.3) is 0 Å². The monoisotopic (exact) mass is 291 g/mol. The predicted octanol–water partition coefficient (Wildman–Crippen LogP) is 4.26. The maximum Gasteiger partial charge on any atom is 0.0707 e. The van der Waals surface area contributed by atoms with Gasteiger partial charge in [0.1, 0.15) is 0 Å². The number of ether oxygens (including phenoxy) is 1. The summed E-state index contributed by atoms with van der Waals surface area (Å²) in [4.78, 5) is 2.32. The predicted molar refractivity (Wildman–Crippen MR) is 88.4 cm³/mol. The summed E-state index contributed by atoms with van der Waals surface area (Å²) >= 11 is 0.